The summed E-state index contributed by atoms with van der Waals surface area (Å²) in [5.74, 6) is 0.483. The van der Waals surface area contributed by atoms with E-state index in [0.29, 0.717) is 13.0 Å². The number of hydrogen-bond donors (Lipinski definition) is 3. The SMILES string of the molecule is CSCC[C@@H](O)C(=O)NCc1c(C)ncc2c1CCNC2. The average molecular weight is 309 g/mol. The minimum atomic E-state index is -0.924. The molecule has 21 heavy (non-hydrogen) atoms. The van der Waals surface area contributed by atoms with E-state index >= 15 is 0 Å². The highest BCUT2D eigenvalue weighted by Gasteiger charge is 2.18. The van der Waals surface area contributed by atoms with Crippen molar-refractivity contribution in [2.24, 2.45) is 0 Å². The second kappa shape index (κ2) is 7.77. The van der Waals surface area contributed by atoms with Crippen LogP contribution in [0.25, 0.3) is 0 Å². The first kappa shape index (κ1) is 16.3. The van der Waals surface area contributed by atoms with Gasteiger partial charge in [-0.3, -0.25) is 9.78 Å². The molecule has 1 aliphatic heterocycles. The molecule has 0 aromatic carbocycles. The van der Waals surface area contributed by atoms with Gasteiger partial charge in [-0.2, -0.15) is 11.8 Å². The van der Waals surface area contributed by atoms with Crippen molar-refractivity contribution in [1.29, 1.82) is 0 Å². The minimum absolute atomic E-state index is 0.296. The van der Waals surface area contributed by atoms with Crippen LogP contribution in [0.2, 0.25) is 0 Å². The quantitative estimate of drug-likeness (QED) is 0.724. The van der Waals surface area contributed by atoms with Gasteiger partial charge in [0.25, 0.3) is 0 Å². The van der Waals surface area contributed by atoms with E-state index in [4.69, 9.17) is 0 Å². The Hall–Kier alpha value is -1.11. The standard InChI is InChI=1S/C15H23N3O2S/c1-10-13(9-18-15(20)14(19)4-6-21-2)12-3-5-16-7-11(12)8-17-10/h8,14,16,19H,3-7,9H2,1-2H3,(H,18,20)/t14-/m1/s1. The molecule has 1 aromatic rings. The van der Waals surface area contributed by atoms with Crippen LogP contribution in [0.15, 0.2) is 6.20 Å². The third-order valence-corrected chi connectivity index (χ3v) is 4.45. The van der Waals surface area contributed by atoms with Gasteiger partial charge in [0, 0.05) is 25.0 Å². The number of aliphatic hydroxyl groups is 1. The summed E-state index contributed by atoms with van der Waals surface area (Å²) in [6.07, 6.45) is 4.39. The Bertz CT molecular complexity index is 508. The number of aliphatic hydroxyl groups excluding tert-OH is 1. The van der Waals surface area contributed by atoms with Crippen molar-refractivity contribution in [3.05, 3.63) is 28.6 Å². The number of thioether (sulfide) groups is 1. The average Bonchev–Trinajstić information content (AvgIpc) is 2.51. The van der Waals surface area contributed by atoms with Crippen LogP contribution in [-0.2, 0) is 24.3 Å². The smallest absolute Gasteiger partial charge is 0.249 e. The number of aromatic nitrogens is 1. The van der Waals surface area contributed by atoms with E-state index < -0.39 is 6.10 Å². The van der Waals surface area contributed by atoms with Gasteiger partial charge in [-0.25, -0.2) is 0 Å². The number of carbonyl (C=O) groups is 1. The normalized spacial score (nSPS) is 15.4. The highest BCUT2D eigenvalue weighted by atomic mass is 32.2. The highest BCUT2D eigenvalue weighted by molar-refractivity contribution is 7.98. The maximum absolute atomic E-state index is 11.9. The Morgan fingerprint density at radius 2 is 2.43 bits per heavy atom. The molecular weight excluding hydrogens is 286 g/mol. The molecule has 0 saturated heterocycles. The fourth-order valence-electron chi connectivity index (χ4n) is 2.53. The van der Waals surface area contributed by atoms with E-state index in [9.17, 15) is 9.90 Å². The molecule has 0 fully saturated rings. The van der Waals surface area contributed by atoms with Crippen LogP contribution in [0.4, 0.5) is 0 Å². The summed E-state index contributed by atoms with van der Waals surface area (Å²) in [6.45, 7) is 4.19. The van der Waals surface area contributed by atoms with E-state index in [1.807, 2.05) is 19.4 Å². The van der Waals surface area contributed by atoms with Crippen LogP contribution >= 0.6 is 11.8 Å². The van der Waals surface area contributed by atoms with E-state index in [-0.39, 0.29) is 5.91 Å². The van der Waals surface area contributed by atoms with Crippen LogP contribution in [-0.4, -0.2) is 40.7 Å². The summed E-state index contributed by atoms with van der Waals surface area (Å²) in [7, 11) is 0. The van der Waals surface area contributed by atoms with Crippen LogP contribution in [0.1, 0.15) is 28.8 Å². The van der Waals surface area contributed by atoms with Crippen molar-refractivity contribution >= 4 is 17.7 Å². The lowest BCUT2D eigenvalue weighted by Gasteiger charge is -2.22. The molecule has 0 aliphatic carbocycles. The highest BCUT2D eigenvalue weighted by Crippen LogP contribution is 2.20. The summed E-state index contributed by atoms with van der Waals surface area (Å²) in [5, 5.41) is 15.9. The number of carbonyl (C=O) groups excluding carboxylic acids is 1. The number of nitrogens with zero attached hydrogens (tertiary/aromatic N) is 1. The Morgan fingerprint density at radius 3 is 3.19 bits per heavy atom. The molecular formula is C15H23N3O2S. The number of pyridine rings is 1. The third kappa shape index (κ3) is 4.18. The first-order chi connectivity index (χ1) is 10.1. The van der Waals surface area contributed by atoms with Gasteiger partial charge in [-0.15, -0.1) is 0 Å². The predicted octanol–water partition coefficient (Wildman–Crippen LogP) is 0.766. The van der Waals surface area contributed by atoms with E-state index in [1.165, 1.54) is 11.1 Å². The third-order valence-electron chi connectivity index (χ3n) is 3.81. The van der Waals surface area contributed by atoms with Crippen molar-refractivity contribution in [2.75, 3.05) is 18.6 Å². The zero-order chi connectivity index (χ0) is 15.2. The molecule has 2 rings (SSSR count). The van der Waals surface area contributed by atoms with Crippen molar-refractivity contribution in [1.82, 2.24) is 15.6 Å². The first-order valence-corrected chi connectivity index (χ1v) is 8.64. The number of nitrogens with one attached hydrogen (secondary N) is 2. The number of rotatable bonds is 6. The van der Waals surface area contributed by atoms with Crippen molar-refractivity contribution in [2.45, 2.75) is 39.0 Å². The second-order valence-corrected chi connectivity index (χ2v) is 6.25. The molecule has 1 atom stereocenters. The van der Waals surface area contributed by atoms with Crippen LogP contribution in [0, 0.1) is 6.92 Å². The summed E-state index contributed by atoms with van der Waals surface area (Å²) in [6, 6.07) is 0. The zero-order valence-electron chi connectivity index (χ0n) is 12.6. The van der Waals surface area contributed by atoms with Crippen LogP contribution in [0.3, 0.4) is 0 Å². The number of aryl methyl sites for hydroxylation is 1. The molecule has 1 aliphatic rings. The molecule has 3 N–H and O–H groups in total. The van der Waals surface area contributed by atoms with Gasteiger partial charge >= 0.3 is 0 Å². The molecule has 0 saturated carbocycles. The fourth-order valence-corrected chi connectivity index (χ4v) is 2.99. The van der Waals surface area contributed by atoms with Gasteiger partial charge < -0.3 is 15.7 Å². The Morgan fingerprint density at radius 1 is 1.62 bits per heavy atom. The Kier molecular flexibility index (Phi) is 6.02. The van der Waals surface area contributed by atoms with Crippen LogP contribution in [0.5, 0.6) is 0 Å². The second-order valence-electron chi connectivity index (χ2n) is 5.27. The van der Waals surface area contributed by atoms with Gasteiger partial charge in [0.15, 0.2) is 0 Å². The Labute approximate surface area is 129 Å². The van der Waals surface area contributed by atoms with Gasteiger partial charge in [0.1, 0.15) is 6.10 Å². The topological polar surface area (TPSA) is 74.2 Å². The molecule has 0 unspecified atom stereocenters. The maximum Gasteiger partial charge on any atom is 0.249 e. The van der Waals surface area contributed by atoms with Gasteiger partial charge in [-0.1, -0.05) is 0 Å². The van der Waals surface area contributed by atoms with E-state index in [2.05, 4.69) is 15.6 Å². The predicted molar refractivity (Wildman–Crippen MR) is 85.2 cm³/mol. The minimum Gasteiger partial charge on any atom is -0.383 e. The number of amides is 1. The van der Waals surface area contributed by atoms with Crippen molar-refractivity contribution in [3.63, 3.8) is 0 Å². The van der Waals surface area contributed by atoms with Crippen molar-refractivity contribution < 1.29 is 9.90 Å². The first-order valence-electron chi connectivity index (χ1n) is 7.25. The van der Waals surface area contributed by atoms with Gasteiger partial charge in [0.2, 0.25) is 5.91 Å². The summed E-state index contributed by atoms with van der Waals surface area (Å²) in [4.78, 5) is 16.3. The summed E-state index contributed by atoms with van der Waals surface area (Å²) < 4.78 is 0. The van der Waals surface area contributed by atoms with Crippen molar-refractivity contribution in [3.8, 4) is 0 Å². The van der Waals surface area contributed by atoms with Crippen LogP contribution < -0.4 is 10.6 Å². The molecule has 6 heteroatoms. The molecule has 116 valence electrons. The van der Waals surface area contributed by atoms with E-state index in [0.717, 1.165) is 36.5 Å². The molecule has 0 spiro atoms. The monoisotopic (exact) mass is 309 g/mol. The lowest BCUT2D eigenvalue weighted by molar-refractivity contribution is -0.129. The fraction of sp³-hybridized carbons (Fsp3) is 0.600. The summed E-state index contributed by atoms with van der Waals surface area (Å²) in [5.41, 5.74) is 4.55. The zero-order valence-corrected chi connectivity index (χ0v) is 13.4. The largest absolute Gasteiger partial charge is 0.383 e. The lowest BCUT2D eigenvalue weighted by Crippen LogP contribution is -2.35. The van der Waals surface area contributed by atoms with Gasteiger partial charge in [0.05, 0.1) is 0 Å². The Balaban J connectivity index is 2.01. The van der Waals surface area contributed by atoms with Gasteiger partial charge in [-0.05, 0) is 55.0 Å². The van der Waals surface area contributed by atoms with E-state index in [1.54, 1.807) is 11.8 Å². The molecule has 0 radical (unpaired) electrons. The molecule has 1 aromatic heterocycles. The molecule has 0 bridgehead atoms. The molecule has 1 amide bonds. The molecule has 5 nitrogen and oxygen atoms in total. The number of fused-ring (bicyclic) bond motifs is 1. The molecule has 2 heterocycles. The maximum atomic E-state index is 11.9. The summed E-state index contributed by atoms with van der Waals surface area (Å²) >= 11 is 1.63. The number of hydrogen-bond acceptors (Lipinski definition) is 5. The lowest BCUT2D eigenvalue weighted by atomic mass is 9.96.